The predicted octanol–water partition coefficient (Wildman–Crippen LogP) is 3.48. The molecular formula is C10H8BrN3S2. The molecule has 2 heterocycles. The van der Waals surface area contributed by atoms with E-state index in [9.17, 15) is 0 Å². The number of halogens is 1. The van der Waals surface area contributed by atoms with E-state index >= 15 is 0 Å². The van der Waals surface area contributed by atoms with Crippen LogP contribution in [0.2, 0.25) is 0 Å². The van der Waals surface area contributed by atoms with Gasteiger partial charge >= 0.3 is 0 Å². The van der Waals surface area contributed by atoms with Gasteiger partial charge in [0.25, 0.3) is 0 Å². The van der Waals surface area contributed by atoms with Crippen molar-refractivity contribution < 1.29 is 0 Å². The number of rotatable bonds is 3. The second-order valence-corrected chi connectivity index (χ2v) is 6.13. The molecule has 0 spiro atoms. The van der Waals surface area contributed by atoms with Gasteiger partial charge in [-0.15, -0.1) is 11.3 Å². The molecule has 82 valence electrons. The normalized spacial score (nSPS) is 10.1. The van der Waals surface area contributed by atoms with Crippen molar-refractivity contribution in [1.29, 1.82) is 5.26 Å². The van der Waals surface area contributed by atoms with Crippen molar-refractivity contribution in [2.45, 2.75) is 6.54 Å². The molecule has 0 aliphatic rings. The lowest BCUT2D eigenvalue weighted by Gasteiger charge is -2.13. The standard InChI is InChI=1S/C10H8BrN3S2/c1-14(5-8-2-7(11)6-15-8)10-13-4-9(3-12)16-10/h2,4,6H,5H2,1H3. The SMILES string of the molecule is CN(Cc1cc(Br)cs1)c1ncc(C#N)s1. The summed E-state index contributed by atoms with van der Waals surface area (Å²) in [6.07, 6.45) is 1.61. The molecule has 2 aromatic heterocycles. The van der Waals surface area contributed by atoms with Crippen molar-refractivity contribution in [2.75, 3.05) is 11.9 Å². The van der Waals surface area contributed by atoms with Crippen molar-refractivity contribution in [2.24, 2.45) is 0 Å². The van der Waals surface area contributed by atoms with Gasteiger partial charge in [-0.1, -0.05) is 11.3 Å². The first-order valence-corrected chi connectivity index (χ1v) is 6.98. The van der Waals surface area contributed by atoms with E-state index in [1.807, 2.05) is 11.9 Å². The second-order valence-electron chi connectivity index (χ2n) is 3.21. The van der Waals surface area contributed by atoms with Crippen LogP contribution < -0.4 is 4.90 Å². The van der Waals surface area contributed by atoms with E-state index < -0.39 is 0 Å². The predicted molar refractivity (Wildman–Crippen MR) is 71.0 cm³/mol. The minimum Gasteiger partial charge on any atom is -0.346 e. The van der Waals surface area contributed by atoms with Gasteiger partial charge in [0.1, 0.15) is 10.9 Å². The first kappa shape index (κ1) is 11.6. The smallest absolute Gasteiger partial charge is 0.186 e. The molecule has 2 aromatic rings. The third-order valence-electron chi connectivity index (χ3n) is 1.94. The lowest BCUT2D eigenvalue weighted by atomic mass is 10.4. The summed E-state index contributed by atoms with van der Waals surface area (Å²) >= 11 is 6.55. The number of nitriles is 1. The summed E-state index contributed by atoms with van der Waals surface area (Å²) < 4.78 is 1.11. The quantitative estimate of drug-likeness (QED) is 0.871. The zero-order valence-electron chi connectivity index (χ0n) is 8.48. The van der Waals surface area contributed by atoms with Gasteiger partial charge in [-0.2, -0.15) is 5.26 Å². The molecule has 16 heavy (non-hydrogen) atoms. The zero-order valence-corrected chi connectivity index (χ0v) is 11.7. The summed E-state index contributed by atoms with van der Waals surface area (Å²) in [4.78, 5) is 8.16. The summed E-state index contributed by atoms with van der Waals surface area (Å²) in [7, 11) is 1.98. The minimum absolute atomic E-state index is 0.647. The fraction of sp³-hybridized carbons (Fsp3) is 0.200. The van der Waals surface area contributed by atoms with E-state index in [0.717, 1.165) is 16.1 Å². The summed E-state index contributed by atoms with van der Waals surface area (Å²) in [6, 6.07) is 4.19. The van der Waals surface area contributed by atoms with E-state index in [2.05, 4.69) is 38.4 Å². The van der Waals surface area contributed by atoms with Crippen LogP contribution in [0.4, 0.5) is 5.13 Å². The van der Waals surface area contributed by atoms with Gasteiger partial charge in [0.2, 0.25) is 0 Å². The third-order valence-corrected chi connectivity index (χ3v) is 4.64. The number of aromatic nitrogens is 1. The highest BCUT2D eigenvalue weighted by atomic mass is 79.9. The van der Waals surface area contributed by atoms with Crippen LogP contribution in [0.25, 0.3) is 0 Å². The molecule has 0 aliphatic carbocycles. The van der Waals surface area contributed by atoms with E-state index in [1.54, 1.807) is 17.5 Å². The number of thiophene rings is 1. The first-order chi connectivity index (χ1) is 7.69. The fourth-order valence-corrected chi connectivity index (χ4v) is 3.41. The van der Waals surface area contributed by atoms with Gasteiger partial charge in [0.05, 0.1) is 12.7 Å². The molecule has 0 atom stereocenters. The highest BCUT2D eigenvalue weighted by Gasteiger charge is 2.08. The molecule has 0 bridgehead atoms. The topological polar surface area (TPSA) is 39.9 Å². The van der Waals surface area contributed by atoms with Gasteiger partial charge < -0.3 is 4.90 Å². The van der Waals surface area contributed by atoms with Crippen LogP contribution in [0.1, 0.15) is 9.75 Å². The molecule has 0 aliphatic heterocycles. The molecule has 0 aromatic carbocycles. The van der Waals surface area contributed by atoms with Crippen molar-refractivity contribution in [1.82, 2.24) is 4.98 Å². The zero-order chi connectivity index (χ0) is 11.5. The number of anilines is 1. The maximum Gasteiger partial charge on any atom is 0.186 e. The highest BCUT2D eigenvalue weighted by molar-refractivity contribution is 9.10. The lowest BCUT2D eigenvalue weighted by Crippen LogP contribution is -2.14. The Kier molecular flexibility index (Phi) is 3.59. The maximum absolute atomic E-state index is 8.72. The van der Waals surface area contributed by atoms with Gasteiger partial charge in [-0.25, -0.2) is 4.98 Å². The molecule has 0 unspecified atom stereocenters. The summed E-state index contributed by atoms with van der Waals surface area (Å²) in [5, 5.41) is 11.7. The van der Waals surface area contributed by atoms with Crippen LogP contribution in [0, 0.1) is 11.3 Å². The van der Waals surface area contributed by atoms with Crippen molar-refractivity contribution >= 4 is 43.7 Å². The Labute approximate surface area is 110 Å². The van der Waals surface area contributed by atoms with Gasteiger partial charge in [0.15, 0.2) is 5.13 Å². The Morgan fingerprint density at radius 1 is 1.62 bits per heavy atom. The Morgan fingerprint density at radius 2 is 2.44 bits per heavy atom. The van der Waals surface area contributed by atoms with Gasteiger partial charge in [-0.05, 0) is 22.0 Å². The minimum atomic E-state index is 0.647. The number of hydrogen-bond donors (Lipinski definition) is 0. The number of thiazole rings is 1. The highest BCUT2D eigenvalue weighted by Crippen LogP contribution is 2.25. The molecule has 2 rings (SSSR count). The van der Waals surface area contributed by atoms with Crippen molar-refractivity contribution in [3.05, 3.63) is 31.9 Å². The van der Waals surface area contributed by atoms with Crippen LogP contribution in [0.5, 0.6) is 0 Å². The molecule has 6 heteroatoms. The summed E-state index contributed by atoms with van der Waals surface area (Å²) in [5.74, 6) is 0. The first-order valence-electron chi connectivity index (χ1n) is 4.49. The van der Waals surface area contributed by atoms with E-state index in [1.165, 1.54) is 16.2 Å². The summed E-state index contributed by atoms with van der Waals surface area (Å²) in [6.45, 7) is 0.814. The van der Waals surface area contributed by atoms with Crippen LogP contribution >= 0.6 is 38.6 Å². The molecule has 0 saturated carbocycles. The van der Waals surface area contributed by atoms with Crippen LogP contribution in [-0.2, 0) is 6.54 Å². The van der Waals surface area contributed by atoms with E-state index in [4.69, 9.17) is 5.26 Å². The monoisotopic (exact) mass is 313 g/mol. The Bertz CT molecular complexity index is 526. The molecule has 0 N–H and O–H groups in total. The molecule has 0 radical (unpaired) electrons. The second kappa shape index (κ2) is 4.95. The van der Waals surface area contributed by atoms with E-state index in [0.29, 0.717) is 4.88 Å². The lowest BCUT2D eigenvalue weighted by molar-refractivity contribution is 0.930. The van der Waals surface area contributed by atoms with Crippen molar-refractivity contribution in [3.8, 4) is 6.07 Å². The van der Waals surface area contributed by atoms with Crippen LogP contribution in [-0.4, -0.2) is 12.0 Å². The molecule has 0 amide bonds. The van der Waals surface area contributed by atoms with Crippen LogP contribution in [0.15, 0.2) is 22.1 Å². The van der Waals surface area contributed by atoms with Crippen molar-refractivity contribution in [3.63, 3.8) is 0 Å². The van der Waals surface area contributed by atoms with Gasteiger partial charge in [0, 0.05) is 21.8 Å². The van der Waals surface area contributed by atoms with Crippen LogP contribution in [0.3, 0.4) is 0 Å². The number of nitrogens with zero attached hydrogens (tertiary/aromatic N) is 3. The summed E-state index contributed by atoms with van der Waals surface area (Å²) in [5.41, 5.74) is 0. The molecule has 0 fully saturated rings. The van der Waals surface area contributed by atoms with E-state index in [-0.39, 0.29) is 0 Å². The third kappa shape index (κ3) is 2.61. The maximum atomic E-state index is 8.72. The Balaban J connectivity index is 2.08. The largest absolute Gasteiger partial charge is 0.346 e. The Morgan fingerprint density at radius 3 is 3.00 bits per heavy atom. The number of hydrogen-bond acceptors (Lipinski definition) is 5. The average Bonchev–Trinajstić information content (AvgIpc) is 2.87. The van der Waals surface area contributed by atoms with Gasteiger partial charge in [-0.3, -0.25) is 0 Å². The molecule has 0 saturated heterocycles. The molecule has 3 nitrogen and oxygen atoms in total. The molecular weight excluding hydrogens is 306 g/mol. The fourth-order valence-electron chi connectivity index (χ4n) is 1.23. The average molecular weight is 314 g/mol. The Hall–Kier alpha value is -0.900.